The van der Waals surface area contributed by atoms with Gasteiger partial charge in [0.25, 0.3) is 10.0 Å². The first-order chi connectivity index (χ1) is 13.0. The second-order valence-electron chi connectivity index (χ2n) is 7.59. The van der Waals surface area contributed by atoms with Crippen LogP contribution in [0.4, 0.5) is 21.0 Å². The zero-order valence-electron chi connectivity index (χ0n) is 16.0. The first kappa shape index (κ1) is 20.3. The fourth-order valence-corrected chi connectivity index (χ4v) is 4.51. The third kappa shape index (κ3) is 4.87. The van der Waals surface area contributed by atoms with Gasteiger partial charge in [-0.1, -0.05) is 20.8 Å². The maximum atomic E-state index is 14.5. The molecule has 0 fully saturated rings. The van der Waals surface area contributed by atoms with Crippen molar-refractivity contribution in [1.82, 2.24) is 14.8 Å². The van der Waals surface area contributed by atoms with E-state index in [-0.39, 0.29) is 10.5 Å². The lowest BCUT2D eigenvalue weighted by Crippen LogP contribution is -2.14. The molecule has 0 aliphatic carbocycles. The van der Waals surface area contributed by atoms with Crippen LogP contribution in [0.15, 0.2) is 40.7 Å². The van der Waals surface area contributed by atoms with E-state index in [4.69, 9.17) is 0 Å². The molecule has 3 rings (SSSR count). The lowest BCUT2D eigenvalue weighted by molar-refractivity contribution is 0.404. The Kier molecular flexibility index (Phi) is 5.44. The van der Waals surface area contributed by atoms with E-state index in [9.17, 15) is 12.8 Å². The lowest BCUT2D eigenvalue weighted by Gasteiger charge is -2.15. The van der Waals surface area contributed by atoms with Crippen LogP contribution in [-0.2, 0) is 23.5 Å². The Hall–Kier alpha value is -2.46. The van der Waals surface area contributed by atoms with Gasteiger partial charge in [0.15, 0.2) is 5.13 Å². The zero-order valence-corrected chi connectivity index (χ0v) is 17.7. The Morgan fingerprint density at radius 2 is 2.00 bits per heavy atom. The molecule has 2 N–H and O–H groups in total. The standard InChI is InChI=1S/C18H22FN5O2S2/c1-18(2,3)11-13-10-16(24(4)22-13)21-12-5-6-15(14(19)9-12)28(25,26)23-17-20-7-8-27-17/h5-10,21H,11H2,1-4H3,(H,20,23). The number of aromatic nitrogens is 3. The molecule has 28 heavy (non-hydrogen) atoms. The van der Waals surface area contributed by atoms with Crippen molar-refractivity contribution < 1.29 is 12.8 Å². The highest BCUT2D eigenvalue weighted by atomic mass is 32.2. The topological polar surface area (TPSA) is 88.9 Å². The normalized spacial score (nSPS) is 12.2. The van der Waals surface area contributed by atoms with Gasteiger partial charge in [-0.2, -0.15) is 5.10 Å². The van der Waals surface area contributed by atoms with Crippen molar-refractivity contribution in [3.63, 3.8) is 0 Å². The Morgan fingerprint density at radius 3 is 2.61 bits per heavy atom. The molecule has 0 atom stereocenters. The van der Waals surface area contributed by atoms with Crippen LogP contribution in [-0.4, -0.2) is 23.2 Å². The van der Waals surface area contributed by atoms with Crippen LogP contribution in [0, 0.1) is 11.2 Å². The summed E-state index contributed by atoms with van der Waals surface area (Å²) in [6.45, 7) is 6.38. The molecule has 0 aliphatic heterocycles. The molecule has 150 valence electrons. The van der Waals surface area contributed by atoms with Crippen LogP contribution in [0.3, 0.4) is 0 Å². The summed E-state index contributed by atoms with van der Waals surface area (Å²) in [5, 5.41) is 9.35. The van der Waals surface area contributed by atoms with Crippen LogP contribution < -0.4 is 10.0 Å². The molecule has 0 bridgehead atoms. The quantitative estimate of drug-likeness (QED) is 0.622. The maximum Gasteiger partial charge on any atom is 0.266 e. The van der Waals surface area contributed by atoms with Crippen molar-refractivity contribution in [1.29, 1.82) is 0 Å². The lowest BCUT2D eigenvalue weighted by atomic mass is 9.91. The number of halogens is 1. The van der Waals surface area contributed by atoms with Crippen LogP contribution >= 0.6 is 11.3 Å². The monoisotopic (exact) mass is 423 g/mol. The second-order valence-corrected chi connectivity index (χ2v) is 10.1. The maximum absolute atomic E-state index is 14.5. The van der Waals surface area contributed by atoms with E-state index in [1.807, 2.05) is 6.07 Å². The highest BCUT2D eigenvalue weighted by molar-refractivity contribution is 7.93. The third-order valence-electron chi connectivity index (χ3n) is 3.79. The molecule has 0 amide bonds. The van der Waals surface area contributed by atoms with E-state index in [0.717, 1.165) is 29.5 Å². The number of benzene rings is 1. The molecule has 0 aliphatic rings. The summed E-state index contributed by atoms with van der Waals surface area (Å²) in [5.74, 6) is -0.165. The van der Waals surface area contributed by atoms with Crippen molar-refractivity contribution in [2.24, 2.45) is 12.5 Å². The number of thiazole rings is 1. The summed E-state index contributed by atoms with van der Waals surface area (Å²) >= 11 is 1.12. The largest absolute Gasteiger partial charge is 0.340 e. The fourth-order valence-electron chi connectivity index (χ4n) is 2.66. The first-order valence-corrected chi connectivity index (χ1v) is 10.9. The van der Waals surface area contributed by atoms with Crippen molar-refractivity contribution in [2.75, 3.05) is 10.0 Å². The molecule has 0 saturated heterocycles. The van der Waals surface area contributed by atoms with Crippen LogP contribution in [0.2, 0.25) is 0 Å². The first-order valence-electron chi connectivity index (χ1n) is 8.55. The predicted molar refractivity (Wildman–Crippen MR) is 109 cm³/mol. The fraction of sp³-hybridized carbons (Fsp3) is 0.333. The van der Waals surface area contributed by atoms with Gasteiger partial charge in [0.1, 0.15) is 16.5 Å². The number of anilines is 3. The average Bonchev–Trinajstić information content (AvgIpc) is 3.15. The van der Waals surface area contributed by atoms with Crippen molar-refractivity contribution in [3.05, 3.63) is 47.4 Å². The molecular weight excluding hydrogens is 401 g/mol. The molecule has 2 aromatic heterocycles. The van der Waals surface area contributed by atoms with Gasteiger partial charge in [-0.05, 0) is 30.0 Å². The van der Waals surface area contributed by atoms with Gasteiger partial charge >= 0.3 is 0 Å². The van der Waals surface area contributed by atoms with E-state index in [0.29, 0.717) is 11.5 Å². The Balaban J connectivity index is 1.80. The molecule has 3 aromatic rings. The van der Waals surface area contributed by atoms with E-state index in [1.165, 1.54) is 18.3 Å². The number of nitrogens with one attached hydrogen (secondary N) is 2. The Labute approximate surface area is 167 Å². The van der Waals surface area contributed by atoms with Gasteiger partial charge in [0, 0.05) is 30.4 Å². The summed E-state index contributed by atoms with van der Waals surface area (Å²) < 4.78 is 43.2. The molecule has 7 nitrogen and oxygen atoms in total. The number of aryl methyl sites for hydroxylation is 1. The summed E-state index contributed by atoms with van der Waals surface area (Å²) in [5.41, 5.74) is 1.44. The summed E-state index contributed by atoms with van der Waals surface area (Å²) in [7, 11) is -2.26. The van der Waals surface area contributed by atoms with Crippen molar-refractivity contribution in [2.45, 2.75) is 32.1 Å². The Bertz CT molecular complexity index is 1070. The van der Waals surface area contributed by atoms with Gasteiger partial charge in [-0.25, -0.2) is 17.8 Å². The molecule has 1 aromatic carbocycles. The van der Waals surface area contributed by atoms with Crippen molar-refractivity contribution in [3.8, 4) is 0 Å². The van der Waals surface area contributed by atoms with Crippen LogP contribution in [0.25, 0.3) is 0 Å². The minimum absolute atomic E-state index is 0.0954. The van der Waals surface area contributed by atoms with Gasteiger partial charge in [-0.15, -0.1) is 11.3 Å². The highest BCUT2D eigenvalue weighted by Crippen LogP contribution is 2.26. The SMILES string of the molecule is Cn1nc(CC(C)(C)C)cc1Nc1ccc(S(=O)(=O)Nc2nccs2)c(F)c1. The molecule has 10 heteroatoms. The second kappa shape index (κ2) is 7.51. The molecule has 0 spiro atoms. The summed E-state index contributed by atoms with van der Waals surface area (Å²) in [6.07, 6.45) is 2.27. The molecule has 0 saturated carbocycles. The van der Waals surface area contributed by atoms with Gasteiger partial charge in [0.2, 0.25) is 0 Å². The van der Waals surface area contributed by atoms with Gasteiger partial charge in [0.05, 0.1) is 5.69 Å². The van der Waals surface area contributed by atoms with Gasteiger partial charge < -0.3 is 5.32 Å². The number of nitrogens with zero attached hydrogens (tertiary/aromatic N) is 3. The van der Waals surface area contributed by atoms with Crippen LogP contribution in [0.1, 0.15) is 26.5 Å². The third-order valence-corrected chi connectivity index (χ3v) is 5.98. The summed E-state index contributed by atoms with van der Waals surface area (Å²) in [6, 6.07) is 5.78. The average molecular weight is 424 g/mol. The van der Waals surface area contributed by atoms with E-state index in [1.54, 1.807) is 17.1 Å². The highest BCUT2D eigenvalue weighted by Gasteiger charge is 2.21. The number of hydrogen-bond acceptors (Lipinski definition) is 6. The number of hydrogen-bond donors (Lipinski definition) is 2. The zero-order chi connectivity index (χ0) is 20.5. The number of rotatable bonds is 6. The van der Waals surface area contributed by atoms with Crippen LogP contribution in [0.5, 0.6) is 0 Å². The van der Waals surface area contributed by atoms with Crippen molar-refractivity contribution >= 4 is 38.0 Å². The molecule has 0 unspecified atom stereocenters. The number of sulfonamides is 1. The van der Waals surface area contributed by atoms with E-state index >= 15 is 0 Å². The minimum Gasteiger partial charge on any atom is -0.340 e. The minimum atomic E-state index is -4.05. The molecule has 0 radical (unpaired) electrons. The van der Waals surface area contributed by atoms with Gasteiger partial charge in [-0.3, -0.25) is 9.40 Å². The smallest absolute Gasteiger partial charge is 0.266 e. The summed E-state index contributed by atoms with van der Waals surface area (Å²) in [4.78, 5) is 3.41. The molecule has 2 heterocycles. The Morgan fingerprint density at radius 1 is 1.25 bits per heavy atom. The predicted octanol–water partition coefficient (Wildman–Crippen LogP) is 4.15. The van der Waals surface area contributed by atoms with E-state index in [2.05, 4.69) is 40.9 Å². The molecular formula is C18H22FN5O2S2. The van der Waals surface area contributed by atoms with E-state index < -0.39 is 20.7 Å².